The Bertz CT molecular complexity index is 422. The lowest BCUT2D eigenvalue weighted by atomic mass is 9.95. The van der Waals surface area contributed by atoms with Crippen LogP contribution in [0.5, 0.6) is 11.5 Å². The van der Waals surface area contributed by atoms with Gasteiger partial charge in [0.15, 0.2) is 0 Å². The van der Waals surface area contributed by atoms with Gasteiger partial charge in [0.25, 0.3) is 0 Å². The number of aliphatic hydroxyl groups is 1. The van der Waals surface area contributed by atoms with Gasteiger partial charge in [0.1, 0.15) is 17.6 Å². The molecule has 1 aliphatic rings. The molecule has 4 heteroatoms. The van der Waals surface area contributed by atoms with Crippen LogP contribution in [-0.4, -0.2) is 31.0 Å². The number of benzene rings is 1. The van der Waals surface area contributed by atoms with E-state index in [9.17, 15) is 5.11 Å². The lowest BCUT2D eigenvalue weighted by molar-refractivity contribution is 0.00634. The first kappa shape index (κ1) is 15.1. The molecule has 0 saturated heterocycles. The van der Waals surface area contributed by atoms with Crippen LogP contribution in [0, 0.1) is 0 Å². The molecular weight excluding hydrogens is 254 g/mol. The fourth-order valence-electron chi connectivity index (χ4n) is 2.57. The zero-order chi connectivity index (χ0) is 14.4. The second-order valence-corrected chi connectivity index (χ2v) is 5.26. The van der Waals surface area contributed by atoms with Gasteiger partial charge in [-0.3, -0.25) is 0 Å². The Kier molecular flexibility index (Phi) is 5.68. The molecule has 112 valence electrons. The predicted molar refractivity (Wildman–Crippen MR) is 79.3 cm³/mol. The number of rotatable bonds is 6. The minimum Gasteiger partial charge on any atom is -0.497 e. The summed E-state index contributed by atoms with van der Waals surface area (Å²) in [5.74, 6) is 1.67. The molecule has 0 amide bonds. The van der Waals surface area contributed by atoms with E-state index in [1.165, 1.54) is 0 Å². The van der Waals surface area contributed by atoms with Crippen molar-refractivity contribution in [3.63, 3.8) is 0 Å². The molecule has 0 heterocycles. The quantitative estimate of drug-likeness (QED) is 0.840. The number of methoxy groups -OCH3 is 1. The first-order chi connectivity index (χ1) is 9.74. The standard InChI is InChI=1S/C16H25NO3/c1-3-17-11-12-10-13(19-2)8-9-15(12)20-16-7-5-4-6-14(16)18/h8-10,14,16-18H,3-7,11H2,1-2H3. The van der Waals surface area contributed by atoms with Crippen LogP contribution in [0.1, 0.15) is 38.2 Å². The summed E-state index contributed by atoms with van der Waals surface area (Å²) < 4.78 is 11.3. The molecule has 20 heavy (non-hydrogen) atoms. The predicted octanol–water partition coefficient (Wildman–Crippen LogP) is 2.49. The summed E-state index contributed by atoms with van der Waals surface area (Å²) in [6.07, 6.45) is 3.54. The Labute approximate surface area is 121 Å². The average molecular weight is 279 g/mol. The molecule has 1 fully saturated rings. The van der Waals surface area contributed by atoms with Crippen LogP contribution in [0.15, 0.2) is 18.2 Å². The molecule has 0 aliphatic heterocycles. The number of ether oxygens (including phenoxy) is 2. The molecule has 0 bridgehead atoms. The third-order valence-corrected chi connectivity index (χ3v) is 3.78. The molecule has 2 unspecified atom stereocenters. The van der Waals surface area contributed by atoms with Crippen LogP contribution in [0.3, 0.4) is 0 Å². The SMILES string of the molecule is CCNCc1cc(OC)ccc1OC1CCCCC1O. The highest BCUT2D eigenvalue weighted by atomic mass is 16.5. The maximum absolute atomic E-state index is 10.0. The highest BCUT2D eigenvalue weighted by molar-refractivity contribution is 5.40. The number of nitrogens with one attached hydrogen (secondary N) is 1. The molecule has 2 rings (SSSR count). The van der Waals surface area contributed by atoms with Crippen LogP contribution in [-0.2, 0) is 6.54 Å². The molecule has 1 aromatic carbocycles. The normalized spacial score (nSPS) is 22.6. The molecule has 0 radical (unpaired) electrons. The van der Waals surface area contributed by atoms with Gasteiger partial charge in [-0.1, -0.05) is 13.3 Å². The lowest BCUT2D eigenvalue weighted by Gasteiger charge is -2.29. The topological polar surface area (TPSA) is 50.7 Å². The maximum atomic E-state index is 10.0. The molecule has 2 N–H and O–H groups in total. The smallest absolute Gasteiger partial charge is 0.124 e. The zero-order valence-corrected chi connectivity index (χ0v) is 12.4. The molecule has 0 aromatic heterocycles. The van der Waals surface area contributed by atoms with Gasteiger partial charge >= 0.3 is 0 Å². The van der Waals surface area contributed by atoms with E-state index in [4.69, 9.17) is 9.47 Å². The van der Waals surface area contributed by atoms with Gasteiger partial charge in [-0.2, -0.15) is 0 Å². The van der Waals surface area contributed by atoms with E-state index in [1.807, 2.05) is 18.2 Å². The maximum Gasteiger partial charge on any atom is 0.124 e. The summed E-state index contributed by atoms with van der Waals surface area (Å²) in [5.41, 5.74) is 1.07. The highest BCUT2D eigenvalue weighted by Crippen LogP contribution is 2.29. The Balaban J connectivity index is 2.12. The summed E-state index contributed by atoms with van der Waals surface area (Å²) in [6.45, 7) is 3.72. The largest absolute Gasteiger partial charge is 0.497 e. The van der Waals surface area contributed by atoms with Gasteiger partial charge in [-0.25, -0.2) is 0 Å². The monoisotopic (exact) mass is 279 g/mol. The minimum absolute atomic E-state index is 0.0856. The molecule has 4 nitrogen and oxygen atoms in total. The van der Waals surface area contributed by atoms with Gasteiger partial charge in [0.05, 0.1) is 13.2 Å². The molecule has 0 spiro atoms. The summed E-state index contributed by atoms with van der Waals surface area (Å²) >= 11 is 0. The first-order valence-electron chi connectivity index (χ1n) is 7.47. The van der Waals surface area contributed by atoms with E-state index in [0.29, 0.717) is 0 Å². The Morgan fingerprint density at radius 2 is 2.10 bits per heavy atom. The lowest BCUT2D eigenvalue weighted by Crippen LogP contribution is -2.35. The second-order valence-electron chi connectivity index (χ2n) is 5.26. The summed E-state index contributed by atoms with van der Waals surface area (Å²) in [7, 11) is 1.66. The summed E-state index contributed by atoms with van der Waals surface area (Å²) in [6, 6.07) is 5.83. The average Bonchev–Trinajstić information content (AvgIpc) is 2.48. The third-order valence-electron chi connectivity index (χ3n) is 3.78. The van der Waals surface area contributed by atoms with Crippen molar-refractivity contribution in [1.29, 1.82) is 0 Å². The van der Waals surface area contributed by atoms with Crippen molar-refractivity contribution in [1.82, 2.24) is 5.32 Å². The van der Waals surface area contributed by atoms with E-state index < -0.39 is 0 Å². The van der Waals surface area contributed by atoms with E-state index in [-0.39, 0.29) is 12.2 Å². The fraction of sp³-hybridized carbons (Fsp3) is 0.625. The number of aliphatic hydroxyl groups excluding tert-OH is 1. The van der Waals surface area contributed by atoms with E-state index in [0.717, 1.165) is 55.8 Å². The van der Waals surface area contributed by atoms with Gasteiger partial charge in [0, 0.05) is 12.1 Å². The Morgan fingerprint density at radius 3 is 2.80 bits per heavy atom. The van der Waals surface area contributed by atoms with Gasteiger partial charge in [0.2, 0.25) is 0 Å². The second kappa shape index (κ2) is 7.50. The first-order valence-corrected chi connectivity index (χ1v) is 7.47. The van der Waals surface area contributed by atoms with Crippen molar-refractivity contribution in [2.24, 2.45) is 0 Å². The van der Waals surface area contributed by atoms with E-state index in [1.54, 1.807) is 7.11 Å². The van der Waals surface area contributed by atoms with Crippen molar-refractivity contribution < 1.29 is 14.6 Å². The highest BCUT2D eigenvalue weighted by Gasteiger charge is 2.25. The van der Waals surface area contributed by atoms with Crippen molar-refractivity contribution in [2.45, 2.75) is 51.4 Å². The fourth-order valence-corrected chi connectivity index (χ4v) is 2.57. The zero-order valence-electron chi connectivity index (χ0n) is 12.4. The van der Waals surface area contributed by atoms with Crippen molar-refractivity contribution >= 4 is 0 Å². The minimum atomic E-state index is -0.349. The van der Waals surface area contributed by atoms with Gasteiger partial charge < -0.3 is 19.9 Å². The number of hydrogen-bond donors (Lipinski definition) is 2. The molecule has 1 aliphatic carbocycles. The van der Waals surface area contributed by atoms with Crippen molar-refractivity contribution in [3.05, 3.63) is 23.8 Å². The van der Waals surface area contributed by atoms with Crippen LogP contribution < -0.4 is 14.8 Å². The third kappa shape index (κ3) is 3.87. The molecule has 2 atom stereocenters. The van der Waals surface area contributed by atoms with E-state index >= 15 is 0 Å². The van der Waals surface area contributed by atoms with Crippen LogP contribution in [0.2, 0.25) is 0 Å². The van der Waals surface area contributed by atoms with Crippen molar-refractivity contribution in [3.8, 4) is 11.5 Å². The van der Waals surface area contributed by atoms with Crippen LogP contribution >= 0.6 is 0 Å². The van der Waals surface area contributed by atoms with Gasteiger partial charge in [-0.05, 0) is 44.0 Å². The van der Waals surface area contributed by atoms with Crippen LogP contribution in [0.25, 0.3) is 0 Å². The van der Waals surface area contributed by atoms with Crippen LogP contribution in [0.4, 0.5) is 0 Å². The van der Waals surface area contributed by atoms with Gasteiger partial charge in [-0.15, -0.1) is 0 Å². The molecule has 1 saturated carbocycles. The summed E-state index contributed by atoms with van der Waals surface area (Å²) in [4.78, 5) is 0. The molecular formula is C16H25NO3. The van der Waals surface area contributed by atoms with E-state index in [2.05, 4.69) is 12.2 Å². The molecule has 1 aromatic rings. The Hall–Kier alpha value is -1.26. The number of hydrogen-bond acceptors (Lipinski definition) is 4. The summed E-state index contributed by atoms with van der Waals surface area (Å²) in [5, 5.41) is 13.3. The van der Waals surface area contributed by atoms with Crippen molar-refractivity contribution in [2.75, 3.05) is 13.7 Å². The Morgan fingerprint density at radius 1 is 1.30 bits per heavy atom.